The molecule has 110 valence electrons. The maximum absolute atomic E-state index is 12.1. The number of hydrogen-bond acceptors (Lipinski definition) is 3. The van der Waals surface area contributed by atoms with Gasteiger partial charge in [0.1, 0.15) is 6.54 Å². The van der Waals surface area contributed by atoms with Crippen molar-refractivity contribution in [3.8, 4) is 0 Å². The molecule has 0 aliphatic carbocycles. The Balaban J connectivity index is 2.09. The average molecular weight is 308 g/mol. The van der Waals surface area contributed by atoms with Crippen molar-refractivity contribution in [2.45, 2.75) is 19.9 Å². The zero-order valence-corrected chi connectivity index (χ0v) is 12.1. The topological polar surface area (TPSA) is 84.2 Å². The number of anilines is 1. The average Bonchev–Trinajstić information content (AvgIpc) is 2.84. The van der Waals surface area contributed by atoms with E-state index < -0.39 is 5.97 Å². The molecule has 0 saturated carbocycles. The quantitative estimate of drug-likeness (QED) is 0.888. The van der Waals surface area contributed by atoms with Crippen molar-refractivity contribution >= 4 is 29.3 Å². The molecule has 1 aromatic carbocycles. The van der Waals surface area contributed by atoms with E-state index in [-0.39, 0.29) is 18.3 Å². The number of carboxylic acid groups (broad SMARTS) is 1. The van der Waals surface area contributed by atoms with E-state index in [2.05, 4.69) is 10.4 Å². The molecule has 0 atom stereocenters. The van der Waals surface area contributed by atoms with Crippen LogP contribution >= 0.6 is 11.6 Å². The zero-order chi connectivity index (χ0) is 15.4. The number of aliphatic carboxylic acids is 1. The summed E-state index contributed by atoms with van der Waals surface area (Å²) in [5, 5.41) is 15.7. The Morgan fingerprint density at radius 1 is 1.38 bits per heavy atom. The molecule has 2 N–H and O–H groups in total. The van der Waals surface area contributed by atoms with Crippen LogP contribution < -0.4 is 5.32 Å². The van der Waals surface area contributed by atoms with Crippen LogP contribution in [0.2, 0.25) is 5.02 Å². The number of carbonyl (C=O) groups is 2. The summed E-state index contributed by atoms with van der Waals surface area (Å²) in [6.45, 7) is 1.73. The summed E-state index contributed by atoms with van der Waals surface area (Å²) in [6, 6.07) is 6.63. The number of aryl methyl sites for hydroxylation is 1. The molecule has 1 heterocycles. The number of benzene rings is 1. The number of nitrogens with zero attached hydrogens (tertiary/aromatic N) is 2. The third-order valence-electron chi connectivity index (χ3n) is 2.88. The highest BCUT2D eigenvalue weighted by Gasteiger charge is 2.10. The van der Waals surface area contributed by atoms with Gasteiger partial charge in [-0.05, 0) is 24.1 Å². The van der Waals surface area contributed by atoms with Gasteiger partial charge >= 0.3 is 5.97 Å². The molecular formula is C14H14ClN3O3. The normalized spacial score (nSPS) is 10.4. The lowest BCUT2D eigenvalue weighted by atomic mass is 10.1. The summed E-state index contributed by atoms with van der Waals surface area (Å²) in [6.07, 6.45) is 2.28. The number of aromatic nitrogens is 2. The Morgan fingerprint density at radius 2 is 2.14 bits per heavy atom. The van der Waals surface area contributed by atoms with Crippen LogP contribution in [0.25, 0.3) is 0 Å². The minimum atomic E-state index is -1.00. The first-order valence-electron chi connectivity index (χ1n) is 6.34. The lowest BCUT2D eigenvalue weighted by Gasteiger charge is -2.05. The predicted octanol–water partition coefficient (Wildman–Crippen LogP) is 2.44. The summed E-state index contributed by atoms with van der Waals surface area (Å²) in [5.41, 5.74) is 1.39. The smallest absolute Gasteiger partial charge is 0.325 e. The van der Waals surface area contributed by atoms with Gasteiger partial charge in [-0.2, -0.15) is 5.10 Å². The van der Waals surface area contributed by atoms with Gasteiger partial charge in [0, 0.05) is 22.8 Å². The second kappa shape index (κ2) is 6.41. The molecule has 2 rings (SSSR count). The highest BCUT2D eigenvalue weighted by atomic mass is 35.5. The fourth-order valence-electron chi connectivity index (χ4n) is 1.82. The maximum Gasteiger partial charge on any atom is 0.325 e. The van der Waals surface area contributed by atoms with Crippen LogP contribution in [0.3, 0.4) is 0 Å². The number of amides is 1. The summed E-state index contributed by atoms with van der Waals surface area (Å²) in [5.74, 6) is -1.06. The third-order valence-corrected chi connectivity index (χ3v) is 3.23. The number of carbonyl (C=O) groups excluding carboxylic acids is 1. The minimum absolute atomic E-state index is 0.257. The molecule has 0 aliphatic heterocycles. The van der Waals surface area contributed by atoms with Crippen LogP contribution in [0.5, 0.6) is 0 Å². The maximum atomic E-state index is 12.1. The molecule has 0 spiro atoms. The van der Waals surface area contributed by atoms with E-state index >= 15 is 0 Å². The molecule has 0 radical (unpaired) electrons. The van der Waals surface area contributed by atoms with Gasteiger partial charge in [0.05, 0.1) is 0 Å². The van der Waals surface area contributed by atoms with E-state index in [4.69, 9.17) is 16.7 Å². The van der Waals surface area contributed by atoms with Gasteiger partial charge in [0.25, 0.3) is 5.91 Å². The lowest BCUT2D eigenvalue weighted by Crippen LogP contribution is -2.14. The monoisotopic (exact) mass is 307 g/mol. The standard InChI is InChI=1S/C14H14ClN3O3/c1-2-9-3-4-10(7-11(9)15)14(21)16-12-5-6-18(17-12)8-13(19)20/h3-7H,2,8H2,1H3,(H,19,20)(H,16,17,21). The summed E-state index contributed by atoms with van der Waals surface area (Å²) < 4.78 is 1.23. The van der Waals surface area contributed by atoms with E-state index in [1.807, 2.05) is 6.92 Å². The molecule has 7 heteroatoms. The van der Waals surface area contributed by atoms with Gasteiger partial charge in [-0.3, -0.25) is 14.3 Å². The second-order valence-electron chi connectivity index (χ2n) is 4.41. The van der Waals surface area contributed by atoms with Crippen LogP contribution in [0.15, 0.2) is 30.5 Å². The van der Waals surface area contributed by atoms with E-state index in [1.54, 1.807) is 18.2 Å². The van der Waals surface area contributed by atoms with Crippen molar-refractivity contribution in [1.29, 1.82) is 0 Å². The number of rotatable bonds is 5. The van der Waals surface area contributed by atoms with Gasteiger partial charge in [0.2, 0.25) is 0 Å². The fraction of sp³-hybridized carbons (Fsp3) is 0.214. The third kappa shape index (κ3) is 3.82. The molecule has 0 unspecified atom stereocenters. The van der Waals surface area contributed by atoms with Crippen molar-refractivity contribution in [1.82, 2.24) is 9.78 Å². The Bertz CT molecular complexity index is 682. The first-order chi connectivity index (χ1) is 9.99. The molecule has 1 aromatic heterocycles. The van der Waals surface area contributed by atoms with Crippen LogP contribution in [0, 0.1) is 0 Å². The molecular weight excluding hydrogens is 294 g/mol. The number of hydrogen-bond donors (Lipinski definition) is 2. The van der Waals surface area contributed by atoms with Gasteiger partial charge in [-0.1, -0.05) is 24.6 Å². The Labute approximate surface area is 126 Å². The predicted molar refractivity (Wildman–Crippen MR) is 78.6 cm³/mol. The van der Waals surface area contributed by atoms with Crippen LogP contribution in [0.1, 0.15) is 22.8 Å². The summed E-state index contributed by atoms with van der Waals surface area (Å²) in [7, 11) is 0. The summed E-state index contributed by atoms with van der Waals surface area (Å²) >= 11 is 6.07. The van der Waals surface area contributed by atoms with Crippen molar-refractivity contribution in [2.75, 3.05) is 5.32 Å². The van der Waals surface area contributed by atoms with Crippen LogP contribution in [-0.2, 0) is 17.8 Å². The summed E-state index contributed by atoms with van der Waals surface area (Å²) in [4.78, 5) is 22.6. The molecule has 0 saturated heterocycles. The first kappa shape index (κ1) is 15.1. The second-order valence-corrected chi connectivity index (χ2v) is 4.81. The molecule has 2 aromatic rings. The largest absolute Gasteiger partial charge is 0.480 e. The molecule has 1 amide bonds. The first-order valence-corrected chi connectivity index (χ1v) is 6.72. The van der Waals surface area contributed by atoms with Crippen LogP contribution in [0.4, 0.5) is 5.82 Å². The molecule has 0 fully saturated rings. The Kier molecular flexibility index (Phi) is 4.59. The van der Waals surface area contributed by atoms with Crippen LogP contribution in [-0.4, -0.2) is 26.8 Å². The highest BCUT2D eigenvalue weighted by molar-refractivity contribution is 6.31. The Morgan fingerprint density at radius 3 is 2.76 bits per heavy atom. The van der Waals surface area contributed by atoms with Crippen molar-refractivity contribution < 1.29 is 14.7 Å². The van der Waals surface area contributed by atoms with Gasteiger partial charge in [0.15, 0.2) is 5.82 Å². The molecule has 0 aliphatic rings. The molecule has 6 nitrogen and oxygen atoms in total. The fourth-order valence-corrected chi connectivity index (χ4v) is 2.13. The minimum Gasteiger partial charge on any atom is -0.480 e. The van der Waals surface area contributed by atoms with Gasteiger partial charge < -0.3 is 10.4 Å². The SMILES string of the molecule is CCc1ccc(C(=O)Nc2ccn(CC(=O)O)n2)cc1Cl. The van der Waals surface area contributed by atoms with E-state index in [1.165, 1.54) is 16.9 Å². The van der Waals surface area contributed by atoms with E-state index in [0.29, 0.717) is 10.6 Å². The Hall–Kier alpha value is -2.34. The zero-order valence-electron chi connectivity index (χ0n) is 11.3. The number of nitrogens with one attached hydrogen (secondary N) is 1. The molecule has 21 heavy (non-hydrogen) atoms. The lowest BCUT2D eigenvalue weighted by molar-refractivity contribution is -0.137. The molecule has 0 bridgehead atoms. The highest BCUT2D eigenvalue weighted by Crippen LogP contribution is 2.19. The van der Waals surface area contributed by atoms with E-state index in [9.17, 15) is 9.59 Å². The number of carboxylic acids is 1. The van der Waals surface area contributed by atoms with Crippen molar-refractivity contribution in [3.63, 3.8) is 0 Å². The van der Waals surface area contributed by atoms with E-state index in [0.717, 1.165) is 12.0 Å². The van der Waals surface area contributed by atoms with Crippen molar-refractivity contribution in [3.05, 3.63) is 46.6 Å². The van der Waals surface area contributed by atoms with Gasteiger partial charge in [-0.15, -0.1) is 0 Å². The van der Waals surface area contributed by atoms with Gasteiger partial charge in [-0.25, -0.2) is 0 Å². The van der Waals surface area contributed by atoms with Crippen molar-refractivity contribution in [2.24, 2.45) is 0 Å². The number of halogens is 1.